The average molecular weight is 287 g/mol. The molecule has 0 bridgehead atoms. The van der Waals surface area contributed by atoms with E-state index in [4.69, 9.17) is 13.0 Å². The van der Waals surface area contributed by atoms with E-state index in [-0.39, 0.29) is 0 Å². The topological polar surface area (TPSA) is 61.1 Å². The Hall–Kier alpha value is -0.940. The molecule has 0 saturated heterocycles. The summed E-state index contributed by atoms with van der Waals surface area (Å²) in [6.45, 7) is 5.67. The van der Waals surface area contributed by atoms with Crippen molar-refractivity contribution in [2.24, 2.45) is 0 Å². The fourth-order valence-electron chi connectivity index (χ4n) is 1.64. The monoisotopic (exact) mass is 287 g/mol. The fraction of sp³-hybridized carbons (Fsp3) is 0.643. The van der Waals surface area contributed by atoms with E-state index < -0.39 is 10.1 Å². The molecule has 110 valence electrons. The van der Waals surface area contributed by atoms with Crippen molar-refractivity contribution < 1.29 is 17.5 Å². The summed E-state index contributed by atoms with van der Waals surface area (Å²) < 4.78 is 29.6. The van der Waals surface area contributed by atoms with Gasteiger partial charge in [-0.05, 0) is 6.42 Å². The van der Waals surface area contributed by atoms with Crippen LogP contribution in [0, 0.1) is 0 Å². The van der Waals surface area contributed by atoms with Crippen molar-refractivity contribution in [1.82, 2.24) is 0 Å². The lowest BCUT2D eigenvalue weighted by Crippen LogP contribution is -2.37. The number of nitrogens with zero attached hydrogens (tertiary/aromatic N) is 1. The van der Waals surface area contributed by atoms with Crippen LogP contribution < -0.4 is 4.57 Å². The van der Waals surface area contributed by atoms with Gasteiger partial charge < -0.3 is 4.55 Å². The Morgan fingerprint density at radius 1 is 1.16 bits per heavy atom. The Balaban J connectivity index is 0.000000555. The standard InChI is InChI=1S/C13H22N.CH4O3S/c1-3-5-9-13-10-7-8-12-14(13)11-6-4-2;1-5(2,3)4/h7-8,10,12H,3-6,9,11H2,1-2H3;1H3,(H,2,3,4)/q+1;/p-1. The normalized spacial score (nSPS) is 10.7. The third-order valence-electron chi connectivity index (χ3n) is 2.57. The van der Waals surface area contributed by atoms with E-state index in [1.807, 2.05) is 0 Å². The van der Waals surface area contributed by atoms with Gasteiger partial charge in [-0.15, -0.1) is 0 Å². The molecule has 0 N–H and O–H groups in total. The lowest BCUT2D eigenvalue weighted by Gasteiger charge is -2.02. The van der Waals surface area contributed by atoms with Gasteiger partial charge in [0.15, 0.2) is 11.9 Å². The first-order chi connectivity index (χ1) is 8.88. The first-order valence-corrected chi connectivity index (χ1v) is 8.58. The Bertz CT molecular complexity index is 409. The highest BCUT2D eigenvalue weighted by Gasteiger charge is 2.07. The molecule has 1 rings (SSSR count). The van der Waals surface area contributed by atoms with Crippen LogP contribution in [0.1, 0.15) is 45.2 Å². The zero-order chi connectivity index (χ0) is 14.7. The van der Waals surface area contributed by atoms with Gasteiger partial charge in [0.25, 0.3) is 0 Å². The second-order valence-electron chi connectivity index (χ2n) is 4.55. The second kappa shape index (κ2) is 9.92. The summed E-state index contributed by atoms with van der Waals surface area (Å²) in [5.74, 6) is 0. The van der Waals surface area contributed by atoms with Gasteiger partial charge in [-0.2, -0.15) is 0 Å². The number of hydrogen-bond donors (Lipinski definition) is 0. The van der Waals surface area contributed by atoms with Crippen LogP contribution in [-0.4, -0.2) is 19.2 Å². The van der Waals surface area contributed by atoms with Gasteiger partial charge in [-0.3, -0.25) is 0 Å². The first kappa shape index (κ1) is 18.1. The summed E-state index contributed by atoms with van der Waals surface area (Å²) in [7, 11) is -3.92. The summed E-state index contributed by atoms with van der Waals surface area (Å²) in [6.07, 6.45) is 9.18. The van der Waals surface area contributed by atoms with Gasteiger partial charge in [0, 0.05) is 31.2 Å². The molecule has 1 heterocycles. The van der Waals surface area contributed by atoms with Gasteiger partial charge in [0.2, 0.25) is 0 Å². The highest BCUT2D eigenvalue weighted by Crippen LogP contribution is 2.00. The van der Waals surface area contributed by atoms with Gasteiger partial charge >= 0.3 is 0 Å². The van der Waals surface area contributed by atoms with Crippen LogP contribution in [0.15, 0.2) is 24.4 Å². The summed E-state index contributed by atoms with van der Waals surface area (Å²) in [5.41, 5.74) is 1.49. The third-order valence-corrected chi connectivity index (χ3v) is 2.57. The minimum absolute atomic E-state index is 0.604. The number of hydrogen-bond acceptors (Lipinski definition) is 3. The van der Waals surface area contributed by atoms with Crippen LogP contribution >= 0.6 is 0 Å². The molecule has 0 atom stereocenters. The number of pyridine rings is 1. The molecule has 0 radical (unpaired) electrons. The van der Waals surface area contributed by atoms with E-state index in [1.165, 1.54) is 44.3 Å². The predicted octanol–water partition coefficient (Wildman–Crippen LogP) is 2.28. The molecule has 0 aliphatic carbocycles. The summed E-state index contributed by atoms with van der Waals surface area (Å²) >= 11 is 0. The van der Waals surface area contributed by atoms with Crippen LogP contribution in [-0.2, 0) is 23.1 Å². The average Bonchev–Trinajstić information content (AvgIpc) is 2.32. The second-order valence-corrected chi connectivity index (χ2v) is 5.95. The van der Waals surface area contributed by atoms with E-state index in [1.54, 1.807) is 0 Å². The van der Waals surface area contributed by atoms with E-state index in [0.29, 0.717) is 6.26 Å². The fourth-order valence-corrected chi connectivity index (χ4v) is 1.64. The largest absolute Gasteiger partial charge is 0.748 e. The third kappa shape index (κ3) is 11.9. The first-order valence-electron chi connectivity index (χ1n) is 6.76. The molecular formula is C14H25NO3S. The van der Waals surface area contributed by atoms with Gasteiger partial charge in [0.05, 0.1) is 10.1 Å². The molecule has 1 aromatic heterocycles. The van der Waals surface area contributed by atoms with Crippen molar-refractivity contribution in [1.29, 1.82) is 0 Å². The molecular weight excluding hydrogens is 262 g/mol. The van der Waals surface area contributed by atoms with Crippen LogP contribution in [0.2, 0.25) is 0 Å². The summed E-state index contributed by atoms with van der Waals surface area (Å²) in [4.78, 5) is 0. The Morgan fingerprint density at radius 3 is 2.26 bits per heavy atom. The van der Waals surface area contributed by atoms with Gasteiger partial charge in [0.1, 0.15) is 6.54 Å². The SMILES string of the molecule is CCCCc1cccc[n+]1CCCC.CS(=O)(=O)[O-]. The zero-order valence-corrected chi connectivity index (χ0v) is 12.9. The number of aromatic nitrogens is 1. The molecule has 5 heteroatoms. The zero-order valence-electron chi connectivity index (χ0n) is 12.1. The van der Waals surface area contributed by atoms with Crippen molar-refractivity contribution in [2.45, 2.75) is 52.5 Å². The molecule has 0 amide bonds. The van der Waals surface area contributed by atoms with Crippen molar-refractivity contribution in [3.63, 3.8) is 0 Å². The lowest BCUT2D eigenvalue weighted by molar-refractivity contribution is -0.704. The molecule has 19 heavy (non-hydrogen) atoms. The quantitative estimate of drug-likeness (QED) is 0.595. The minimum Gasteiger partial charge on any atom is -0.748 e. The van der Waals surface area contributed by atoms with Crippen LogP contribution in [0.4, 0.5) is 0 Å². The van der Waals surface area contributed by atoms with E-state index in [0.717, 1.165) is 0 Å². The van der Waals surface area contributed by atoms with E-state index in [9.17, 15) is 0 Å². The number of unbranched alkanes of at least 4 members (excludes halogenated alkanes) is 2. The summed E-state index contributed by atoms with van der Waals surface area (Å²) in [5, 5.41) is 0. The Labute approximate surface area is 117 Å². The van der Waals surface area contributed by atoms with Crippen molar-refractivity contribution in [3.8, 4) is 0 Å². The lowest BCUT2D eigenvalue weighted by atomic mass is 10.2. The van der Waals surface area contributed by atoms with Gasteiger partial charge in [-0.1, -0.05) is 32.8 Å². The minimum atomic E-state index is -3.92. The molecule has 0 unspecified atom stereocenters. The molecule has 0 aliphatic rings. The maximum atomic E-state index is 9.08. The summed E-state index contributed by atoms with van der Waals surface area (Å²) in [6, 6.07) is 6.53. The Morgan fingerprint density at radius 2 is 1.74 bits per heavy atom. The highest BCUT2D eigenvalue weighted by molar-refractivity contribution is 7.84. The highest BCUT2D eigenvalue weighted by atomic mass is 32.2. The smallest absolute Gasteiger partial charge is 0.181 e. The van der Waals surface area contributed by atoms with Crippen LogP contribution in [0.25, 0.3) is 0 Å². The Kier molecular flexibility index (Phi) is 9.43. The predicted molar refractivity (Wildman–Crippen MR) is 75.8 cm³/mol. The maximum Gasteiger partial charge on any atom is 0.181 e. The van der Waals surface area contributed by atoms with Crippen LogP contribution in [0.5, 0.6) is 0 Å². The van der Waals surface area contributed by atoms with Crippen molar-refractivity contribution in [2.75, 3.05) is 6.26 Å². The molecule has 0 aromatic carbocycles. The number of rotatable bonds is 6. The van der Waals surface area contributed by atoms with Crippen LogP contribution in [0.3, 0.4) is 0 Å². The van der Waals surface area contributed by atoms with Crippen molar-refractivity contribution >= 4 is 10.1 Å². The van der Waals surface area contributed by atoms with E-state index >= 15 is 0 Å². The molecule has 0 aliphatic heterocycles. The van der Waals surface area contributed by atoms with Crippen molar-refractivity contribution in [3.05, 3.63) is 30.1 Å². The molecule has 4 nitrogen and oxygen atoms in total. The molecule has 0 spiro atoms. The van der Waals surface area contributed by atoms with E-state index in [2.05, 4.69) is 42.8 Å². The maximum absolute atomic E-state index is 9.08. The number of aryl methyl sites for hydroxylation is 2. The molecule has 1 aromatic rings. The molecule has 0 fully saturated rings. The molecule has 0 saturated carbocycles. The van der Waals surface area contributed by atoms with Gasteiger partial charge in [-0.25, -0.2) is 13.0 Å².